The standard InChI is InChI=1S/C32H44N2O2S/c1-7-25-20-28-27(31(8-2,9-3)23-32(10-4,11-5)37-28)19-26(25)18-17-24-21-33-29(34-22-24)15-13-14-16-30(35)36-12-6/h19-22H,7-16,23H2,1-6H3. The summed E-state index contributed by atoms with van der Waals surface area (Å²) in [4.78, 5) is 22.0. The van der Waals surface area contributed by atoms with Crippen LogP contribution in [0.3, 0.4) is 0 Å². The summed E-state index contributed by atoms with van der Waals surface area (Å²) in [5.41, 5.74) is 5.00. The van der Waals surface area contributed by atoms with E-state index in [4.69, 9.17) is 4.74 Å². The number of hydrogen-bond acceptors (Lipinski definition) is 5. The zero-order valence-corrected chi connectivity index (χ0v) is 24.5. The van der Waals surface area contributed by atoms with Gasteiger partial charge in [0.1, 0.15) is 5.82 Å². The van der Waals surface area contributed by atoms with E-state index in [1.807, 2.05) is 19.3 Å². The van der Waals surface area contributed by atoms with Crippen LogP contribution in [0.4, 0.5) is 0 Å². The summed E-state index contributed by atoms with van der Waals surface area (Å²) in [6.07, 6.45) is 13.4. The molecule has 1 aliphatic heterocycles. The number of benzene rings is 1. The summed E-state index contributed by atoms with van der Waals surface area (Å²) in [5, 5.41) is 0. The second kappa shape index (κ2) is 13.5. The minimum Gasteiger partial charge on any atom is -0.466 e. The molecule has 1 aliphatic rings. The van der Waals surface area contributed by atoms with Gasteiger partial charge in [-0.05, 0) is 87.0 Å². The molecule has 2 aromatic rings. The molecule has 0 fully saturated rings. The molecular formula is C32H44N2O2S. The van der Waals surface area contributed by atoms with Crippen molar-refractivity contribution >= 4 is 17.7 Å². The van der Waals surface area contributed by atoms with Crippen LogP contribution in [0, 0.1) is 11.8 Å². The molecule has 0 unspecified atom stereocenters. The number of fused-ring (bicyclic) bond motifs is 1. The SMILES string of the molecule is CCOC(=O)CCCCc1ncc(C#Cc2cc3c(cc2CC)SC(CC)(CC)CC3(CC)CC)cn1. The Bertz CT molecular complexity index is 1110. The number of aromatic nitrogens is 2. The van der Waals surface area contributed by atoms with E-state index in [-0.39, 0.29) is 11.4 Å². The van der Waals surface area contributed by atoms with Crippen LogP contribution in [0.15, 0.2) is 29.4 Å². The van der Waals surface area contributed by atoms with Gasteiger partial charge in [0.25, 0.3) is 0 Å². The van der Waals surface area contributed by atoms with Crippen LogP contribution in [0.1, 0.15) is 121 Å². The summed E-state index contributed by atoms with van der Waals surface area (Å²) >= 11 is 2.11. The molecule has 0 radical (unpaired) electrons. The summed E-state index contributed by atoms with van der Waals surface area (Å²) in [6, 6.07) is 4.83. The van der Waals surface area contributed by atoms with Crippen molar-refractivity contribution in [3.05, 3.63) is 52.6 Å². The second-order valence-corrected chi connectivity index (χ2v) is 11.7. The number of rotatable bonds is 11. The first-order valence-corrected chi connectivity index (χ1v) is 15.0. The number of nitrogens with zero attached hydrogens (tertiary/aromatic N) is 2. The highest BCUT2D eigenvalue weighted by Gasteiger charge is 2.45. The maximum Gasteiger partial charge on any atom is 0.305 e. The van der Waals surface area contributed by atoms with Crippen LogP contribution in [0.5, 0.6) is 0 Å². The van der Waals surface area contributed by atoms with E-state index in [0.29, 0.717) is 17.8 Å². The van der Waals surface area contributed by atoms with Crippen LogP contribution in [-0.2, 0) is 27.8 Å². The van der Waals surface area contributed by atoms with Crippen LogP contribution in [0.25, 0.3) is 0 Å². The van der Waals surface area contributed by atoms with Gasteiger partial charge in [0, 0.05) is 40.4 Å². The van der Waals surface area contributed by atoms with Gasteiger partial charge in [-0.15, -0.1) is 11.8 Å². The fourth-order valence-electron chi connectivity index (χ4n) is 5.51. The van der Waals surface area contributed by atoms with Gasteiger partial charge in [0.2, 0.25) is 0 Å². The van der Waals surface area contributed by atoms with E-state index in [1.165, 1.54) is 35.3 Å². The monoisotopic (exact) mass is 520 g/mol. The number of hydrogen-bond donors (Lipinski definition) is 0. The average molecular weight is 521 g/mol. The van der Waals surface area contributed by atoms with Gasteiger partial charge < -0.3 is 4.74 Å². The van der Waals surface area contributed by atoms with Crippen LogP contribution in [-0.4, -0.2) is 27.3 Å². The topological polar surface area (TPSA) is 52.1 Å². The maximum atomic E-state index is 11.5. The lowest BCUT2D eigenvalue weighted by Gasteiger charge is -2.48. The number of carbonyl (C=O) groups excluding carboxylic acids is 1. The molecule has 200 valence electrons. The normalized spacial score (nSPS) is 15.4. The lowest BCUT2D eigenvalue weighted by Crippen LogP contribution is -2.40. The van der Waals surface area contributed by atoms with E-state index in [2.05, 4.69) is 80.3 Å². The van der Waals surface area contributed by atoms with E-state index < -0.39 is 0 Å². The van der Waals surface area contributed by atoms with Gasteiger partial charge in [-0.2, -0.15) is 0 Å². The number of thioether (sulfide) groups is 1. The molecule has 0 amide bonds. The molecule has 1 aromatic heterocycles. The Hall–Kier alpha value is -2.32. The Morgan fingerprint density at radius 2 is 1.68 bits per heavy atom. The van der Waals surface area contributed by atoms with Crippen molar-refractivity contribution in [1.29, 1.82) is 0 Å². The van der Waals surface area contributed by atoms with E-state index >= 15 is 0 Å². The molecule has 3 rings (SSSR count). The van der Waals surface area contributed by atoms with Crippen molar-refractivity contribution in [2.45, 2.75) is 121 Å². The number of ether oxygens (including phenoxy) is 1. The van der Waals surface area contributed by atoms with Gasteiger partial charge in [-0.1, -0.05) is 46.5 Å². The lowest BCUT2D eigenvalue weighted by molar-refractivity contribution is -0.143. The first kappa shape index (κ1) is 29.2. The smallest absolute Gasteiger partial charge is 0.305 e. The Morgan fingerprint density at radius 1 is 0.973 bits per heavy atom. The molecule has 37 heavy (non-hydrogen) atoms. The number of esters is 1. The van der Waals surface area contributed by atoms with Crippen LogP contribution in [0.2, 0.25) is 0 Å². The van der Waals surface area contributed by atoms with Crippen molar-refractivity contribution in [2.24, 2.45) is 0 Å². The maximum absolute atomic E-state index is 11.5. The van der Waals surface area contributed by atoms with Gasteiger partial charge in [-0.25, -0.2) is 9.97 Å². The fourth-order valence-corrected chi connectivity index (χ4v) is 7.20. The molecule has 2 heterocycles. The molecule has 1 aromatic carbocycles. The third-order valence-electron chi connectivity index (χ3n) is 8.17. The first-order chi connectivity index (χ1) is 17.9. The summed E-state index contributed by atoms with van der Waals surface area (Å²) < 4.78 is 5.31. The molecule has 0 saturated carbocycles. The third kappa shape index (κ3) is 6.96. The fraction of sp³-hybridized carbons (Fsp3) is 0.594. The van der Waals surface area contributed by atoms with E-state index in [1.54, 1.807) is 0 Å². The predicted octanol–water partition coefficient (Wildman–Crippen LogP) is 7.83. The molecule has 5 heteroatoms. The highest BCUT2D eigenvalue weighted by molar-refractivity contribution is 8.00. The molecule has 0 spiro atoms. The molecule has 0 saturated heterocycles. The predicted molar refractivity (Wildman–Crippen MR) is 154 cm³/mol. The van der Waals surface area contributed by atoms with Crippen molar-refractivity contribution in [3.8, 4) is 11.8 Å². The molecule has 0 atom stereocenters. The zero-order chi connectivity index (χ0) is 26.9. The van der Waals surface area contributed by atoms with Gasteiger partial charge >= 0.3 is 5.97 Å². The van der Waals surface area contributed by atoms with Crippen molar-refractivity contribution in [2.75, 3.05) is 6.61 Å². The summed E-state index contributed by atoms with van der Waals surface area (Å²) in [5.74, 6) is 7.45. The number of aryl methyl sites for hydroxylation is 2. The quantitative estimate of drug-likeness (QED) is 0.172. The zero-order valence-electron chi connectivity index (χ0n) is 23.7. The number of unbranched alkanes of at least 4 members (excludes halogenated alkanes) is 1. The Kier molecular flexibility index (Phi) is 10.6. The highest BCUT2D eigenvalue weighted by Crippen LogP contribution is 2.57. The molecule has 0 bridgehead atoms. The largest absolute Gasteiger partial charge is 0.466 e. The van der Waals surface area contributed by atoms with E-state index in [0.717, 1.165) is 55.5 Å². The first-order valence-electron chi connectivity index (χ1n) is 14.2. The van der Waals surface area contributed by atoms with Gasteiger partial charge in [0.15, 0.2) is 0 Å². The van der Waals surface area contributed by atoms with Crippen LogP contribution < -0.4 is 0 Å². The average Bonchev–Trinajstić information content (AvgIpc) is 2.93. The Morgan fingerprint density at radius 3 is 2.27 bits per heavy atom. The molecule has 4 nitrogen and oxygen atoms in total. The number of carbonyl (C=O) groups is 1. The highest BCUT2D eigenvalue weighted by atomic mass is 32.2. The second-order valence-electron chi connectivity index (χ2n) is 10.2. The lowest BCUT2D eigenvalue weighted by atomic mass is 9.68. The van der Waals surface area contributed by atoms with E-state index in [9.17, 15) is 4.79 Å². The minimum atomic E-state index is -0.133. The van der Waals surface area contributed by atoms with Crippen molar-refractivity contribution < 1.29 is 9.53 Å². The van der Waals surface area contributed by atoms with Crippen LogP contribution >= 0.6 is 11.8 Å². The molecule has 0 N–H and O–H groups in total. The van der Waals surface area contributed by atoms with Crippen molar-refractivity contribution in [1.82, 2.24) is 9.97 Å². The van der Waals surface area contributed by atoms with Gasteiger partial charge in [0.05, 0.1) is 12.2 Å². The minimum absolute atomic E-state index is 0.133. The molecule has 0 aliphatic carbocycles. The Balaban J connectivity index is 1.80. The summed E-state index contributed by atoms with van der Waals surface area (Å²) in [7, 11) is 0. The Labute approximate surface area is 228 Å². The third-order valence-corrected chi connectivity index (χ3v) is 9.88. The molecular weight excluding hydrogens is 476 g/mol. The summed E-state index contributed by atoms with van der Waals surface area (Å²) in [6.45, 7) is 13.9. The van der Waals surface area contributed by atoms with Crippen molar-refractivity contribution in [3.63, 3.8) is 0 Å². The van der Waals surface area contributed by atoms with Gasteiger partial charge in [-0.3, -0.25) is 4.79 Å².